The van der Waals surface area contributed by atoms with Crippen molar-refractivity contribution in [2.24, 2.45) is 5.92 Å². The topological polar surface area (TPSA) is 110 Å². The number of nitrogens with zero attached hydrogens (tertiary/aromatic N) is 4. The number of carbonyl (C=O) groups is 1. The minimum atomic E-state index is -0.534. The maximum absolute atomic E-state index is 11.9. The molecular weight excluding hydrogens is 421 g/mol. The number of nitro groups is 1. The molecule has 2 aromatic rings. The van der Waals surface area contributed by atoms with Crippen LogP contribution >= 0.6 is 23.2 Å². The summed E-state index contributed by atoms with van der Waals surface area (Å²) in [6, 6.07) is 4.93. The lowest BCUT2D eigenvalue weighted by Crippen LogP contribution is -2.37. The van der Waals surface area contributed by atoms with Crippen LogP contribution in [0, 0.1) is 16.0 Å². The number of hydrogen-bond acceptors (Lipinski definition) is 8. The van der Waals surface area contributed by atoms with Gasteiger partial charge in [-0.1, -0.05) is 29.3 Å². The van der Waals surface area contributed by atoms with Gasteiger partial charge < -0.3 is 15.0 Å². The monoisotopic (exact) mass is 439 g/mol. The zero-order valence-electron chi connectivity index (χ0n) is 15.6. The molecule has 1 aromatic carbocycles. The highest BCUT2D eigenvalue weighted by Gasteiger charge is 2.32. The average molecular weight is 440 g/mol. The second kappa shape index (κ2) is 9.23. The molecule has 3 rings (SSSR count). The number of aromatic nitrogens is 2. The van der Waals surface area contributed by atoms with Crippen molar-refractivity contribution in [3.05, 3.63) is 44.7 Å². The van der Waals surface area contributed by atoms with Crippen LogP contribution in [0.1, 0.15) is 19.8 Å². The van der Waals surface area contributed by atoms with Gasteiger partial charge in [-0.05, 0) is 31.9 Å². The van der Waals surface area contributed by atoms with Gasteiger partial charge in [0.15, 0.2) is 0 Å². The van der Waals surface area contributed by atoms with Crippen molar-refractivity contribution in [2.75, 3.05) is 29.9 Å². The fourth-order valence-electron chi connectivity index (χ4n) is 3.18. The van der Waals surface area contributed by atoms with Crippen molar-refractivity contribution < 1.29 is 14.5 Å². The Morgan fingerprint density at radius 2 is 2.07 bits per heavy atom. The standard InChI is InChI=1S/C18H19Cl2N5O4/c1-2-29-18(26)11-6-8-24(9-7-11)17-15(25(27)28)16(21-10-22-17)23-13-5-3-4-12(19)14(13)20/h3-5,10-11H,2,6-9H2,1H3,(H,21,22,23). The highest BCUT2D eigenvalue weighted by molar-refractivity contribution is 6.43. The lowest BCUT2D eigenvalue weighted by Gasteiger charge is -2.31. The largest absolute Gasteiger partial charge is 0.466 e. The van der Waals surface area contributed by atoms with E-state index in [1.165, 1.54) is 6.33 Å². The molecule has 0 amide bonds. The van der Waals surface area contributed by atoms with Crippen LogP contribution in [0.25, 0.3) is 0 Å². The zero-order chi connectivity index (χ0) is 21.0. The number of anilines is 3. The molecule has 154 valence electrons. The molecule has 2 heterocycles. The van der Waals surface area contributed by atoms with E-state index < -0.39 is 4.92 Å². The minimum Gasteiger partial charge on any atom is -0.466 e. The van der Waals surface area contributed by atoms with E-state index in [4.69, 9.17) is 27.9 Å². The summed E-state index contributed by atoms with van der Waals surface area (Å²) in [5.41, 5.74) is 0.131. The van der Waals surface area contributed by atoms with Crippen LogP contribution in [0.5, 0.6) is 0 Å². The number of halogens is 2. The van der Waals surface area contributed by atoms with Gasteiger partial charge in [0.2, 0.25) is 11.6 Å². The van der Waals surface area contributed by atoms with Crippen LogP contribution in [-0.4, -0.2) is 40.6 Å². The maximum Gasteiger partial charge on any atom is 0.353 e. The number of esters is 1. The second-order valence-electron chi connectivity index (χ2n) is 6.39. The smallest absolute Gasteiger partial charge is 0.353 e. The molecular formula is C18H19Cl2N5O4. The Morgan fingerprint density at radius 3 is 2.72 bits per heavy atom. The molecule has 1 fully saturated rings. The fraction of sp³-hybridized carbons (Fsp3) is 0.389. The van der Waals surface area contributed by atoms with E-state index in [0.29, 0.717) is 43.2 Å². The number of ether oxygens (including phenoxy) is 1. The summed E-state index contributed by atoms with van der Waals surface area (Å²) >= 11 is 12.2. The van der Waals surface area contributed by atoms with Crippen molar-refractivity contribution in [2.45, 2.75) is 19.8 Å². The third kappa shape index (κ3) is 4.68. The fourth-order valence-corrected chi connectivity index (χ4v) is 3.52. The van der Waals surface area contributed by atoms with E-state index >= 15 is 0 Å². The number of piperidine rings is 1. The molecule has 29 heavy (non-hydrogen) atoms. The van der Waals surface area contributed by atoms with E-state index in [1.807, 2.05) is 0 Å². The summed E-state index contributed by atoms with van der Waals surface area (Å²) in [7, 11) is 0. The Balaban J connectivity index is 1.85. The van der Waals surface area contributed by atoms with Gasteiger partial charge in [0.05, 0.1) is 33.2 Å². The van der Waals surface area contributed by atoms with Gasteiger partial charge in [0.25, 0.3) is 0 Å². The molecule has 0 aliphatic carbocycles. The van der Waals surface area contributed by atoms with E-state index in [-0.39, 0.29) is 34.2 Å². The molecule has 9 nitrogen and oxygen atoms in total. The molecule has 0 radical (unpaired) electrons. The molecule has 1 aromatic heterocycles. The zero-order valence-corrected chi connectivity index (χ0v) is 17.1. The van der Waals surface area contributed by atoms with E-state index in [0.717, 1.165) is 0 Å². The summed E-state index contributed by atoms with van der Waals surface area (Å²) in [5, 5.41) is 15.2. The Hall–Kier alpha value is -2.65. The Bertz CT molecular complexity index is 919. The number of rotatable bonds is 6. The SMILES string of the molecule is CCOC(=O)C1CCN(c2ncnc(Nc3cccc(Cl)c3Cl)c2[N+](=O)[O-])CC1. The third-order valence-corrected chi connectivity index (χ3v) is 5.42. The van der Waals surface area contributed by atoms with Crippen LogP contribution in [-0.2, 0) is 9.53 Å². The van der Waals surface area contributed by atoms with Gasteiger partial charge in [0.1, 0.15) is 6.33 Å². The number of nitrogens with one attached hydrogen (secondary N) is 1. The minimum absolute atomic E-state index is 0.0108. The average Bonchev–Trinajstić information content (AvgIpc) is 2.71. The second-order valence-corrected chi connectivity index (χ2v) is 7.18. The van der Waals surface area contributed by atoms with Gasteiger partial charge in [-0.25, -0.2) is 9.97 Å². The van der Waals surface area contributed by atoms with Gasteiger partial charge in [-0.2, -0.15) is 0 Å². The van der Waals surface area contributed by atoms with E-state index in [1.54, 1.807) is 30.0 Å². The van der Waals surface area contributed by atoms with Gasteiger partial charge in [-0.15, -0.1) is 0 Å². The maximum atomic E-state index is 11.9. The summed E-state index contributed by atoms with van der Waals surface area (Å²) in [6.45, 7) is 2.98. The van der Waals surface area contributed by atoms with Crippen molar-refractivity contribution in [1.82, 2.24) is 9.97 Å². The molecule has 0 unspecified atom stereocenters. The summed E-state index contributed by atoms with van der Waals surface area (Å²) in [5.74, 6) is -0.248. The Kier molecular flexibility index (Phi) is 6.71. The first-order valence-corrected chi connectivity index (χ1v) is 9.80. The van der Waals surface area contributed by atoms with Crippen LogP contribution in [0.2, 0.25) is 10.0 Å². The van der Waals surface area contributed by atoms with Crippen LogP contribution < -0.4 is 10.2 Å². The molecule has 1 saturated heterocycles. The van der Waals surface area contributed by atoms with Gasteiger partial charge in [-0.3, -0.25) is 14.9 Å². The van der Waals surface area contributed by atoms with Crippen molar-refractivity contribution in [1.29, 1.82) is 0 Å². The lowest BCUT2D eigenvalue weighted by molar-refractivity contribution is -0.383. The molecule has 1 N–H and O–H groups in total. The number of hydrogen-bond donors (Lipinski definition) is 1. The molecule has 0 saturated carbocycles. The molecule has 11 heteroatoms. The summed E-state index contributed by atoms with van der Waals surface area (Å²) in [4.78, 5) is 33.1. The third-order valence-electron chi connectivity index (χ3n) is 4.60. The van der Waals surface area contributed by atoms with Crippen LogP contribution in [0.4, 0.5) is 23.0 Å². The molecule has 1 aliphatic rings. The number of carbonyl (C=O) groups excluding carboxylic acids is 1. The van der Waals surface area contributed by atoms with Crippen LogP contribution in [0.15, 0.2) is 24.5 Å². The molecule has 0 atom stereocenters. The summed E-state index contributed by atoms with van der Waals surface area (Å²) < 4.78 is 5.07. The lowest BCUT2D eigenvalue weighted by atomic mass is 9.97. The van der Waals surface area contributed by atoms with Gasteiger partial charge >= 0.3 is 11.7 Å². The number of benzene rings is 1. The van der Waals surface area contributed by atoms with E-state index in [2.05, 4.69) is 15.3 Å². The molecule has 1 aliphatic heterocycles. The first kappa shape index (κ1) is 21.1. The van der Waals surface area contributed by atoms with Crippen molar-refractivity contribution in [3.8, 4) is 0 Å². The Labute approximate surface area is 177 Å². The Morgan fingerprint density at radius 1 is 1.34 bits per heavy atom. The first-order chi connectivity index (χ1) is 13.9. The predicted molar refractivity (Wildman–Crippen MR) is 110 cm³/mol. The molecule has 0 spiro atoms. The molecule has 0 bridgehead atoms. The van der Waals surface area contributed by atoms with Gasteiger partial charge in [0, 0.05) is 13.1 Å². The normalized spacial score (nSPS) is 14.5. The summed E-state index contributed by atoms with van der Waals surface area (Å²) in [6.07, 6.45) is 2.31. The van der Waals surface area contributed by atoms with Crippen molar-refractivity contribution in [3.63, 3.8) is 0 Å². The quantitative estimate of drug-likeness (QED) is 0.404. The van der Waals surface area contributed by atoms with E-state index in [9.17, 15) is 14.9 Å². The highest BCUT2D eigenvalue weighted by Crippen LogP contribution is 2.38. The van der Waals surface area contributed by atoms with Crippen molar-refractivity contribution >= 4 is 52.2 Å². The highest BCUT2D eigenvalue weighted by atomic mass is 35.5. The first-order valence-electron chi connectivity index (χ1n) is 9.04. The predicted octanol–water partition coefficient (Wildman–Crippen LogP) is 4.21. The van der Waals surface area contributed by atoms with Crippen LogP contribution in [0.3, 0.4) is 0 Å².